The van der Waals surface area contributed by atoms with Gasteiger partial charge in [-0.25, -0.2) is 0 Å². The summed E-state index contributed by atoms with van der Waals surface area (Å²) in [5.41, 5.74) is 17.5. The summed E-state index contributed by atoms with van der Waals surface area (Å²) < 4.78 is 29.0. The molecule has 116 heavy (non-hydrogen) atoms. The van der Waals surface area contributed by atoms with Crippen molar-refractivity contribution >= 4 is 43.1 Å². The van der Waals surface area contributed by atoms with Crippen LogP contribution in [0.1, 0.15) is 234 Å². The molecule has 8 heteroatoms. The fourth-order valence-electron chi connectivity index (χ4n) is 17.2. The summed E-state index contributed by atoms with van der Waals surface area (Å²) in [6.07, 6.45) is 2.69. The van der Waals surface area contributed by atoms with E-state index >= 15 is 0 Å². The van der Waals surface area contributed by atoms with E-state index in [9.17, 15) is 10.2 Å². The second-order valence-corrected chi connectivity index (χ2v) is 36.3. The van der Waals surface area contributed by atoms with Crippen LogP contribution in [0.15, 0.2) is 267 Å². The molecule has 0 fully saturated rings. The third kappa shape index (κ3) is 17.5. The Bertz CT molecular complexity index is 5410. The number of aromatic hydroxyl groups is 2. The van der Waals surface area contributed by atoms with Crippen LogP contribution in [0.2, 0.25) is 0 Å². The number of rotatable bonds is 22. The van der Waals surface area contributed by atoms with Crippen molar-refractivity contribution in [1.29, 1.82) is 0 Å². The molecule has 15 rings (SSSR count). The van der Waals surface area contributed by atoms with Gasteiger partial charge in [-0.3, -0.25) is 10.6 Å². The normalized spacial score (nSPS) is 13.8. The lowest BCUT2D eigenvalue weighted by Crippen LogP contribution is -2.26. The SMILES string of the molecule is CC(NC(c1ccccc1)c1c(OCCCOc2c3cc(C(C)(C)C)cc2Cc2cc(C(C)(C)C)cc(c2O)Cc2cc(C(C)(C)C)cc(c2OCCCOc2ccc4ccccc4c2C(NC(C)c2cccc4ccccc24)c2ccccc2)Cc2cc(C(C)(C)C)cc(c2O)C3)ccc2ccccc12)c1cccc2ccccc12. The number of phenolic OH excluding ortho intramolecular Hbond substituents is 2. The number of ether oxygens (including phenoxy) is 4. The van der Waals surface area contributed by atoms with E-state index in [1.54, 1.807) is 0 Å². The summed E-state index contributed by atoms with van der Waals surface area (Å²) in [6, 6.07) is 95.4. The number of hydrogen-bond donors (Lipinski definition) is 4. The first-order chi connectivity index (χ1) is 55.7. The quantitative estimate of drug-likeness (QED) is 0.0498. The van der Waals surface area contributed by atoms with Crippen LogP contribution in [0.3, 0.4) is 0 Å². The largest absolute Gasteiger partial charge is 0.507 e. The maximum Gasteiger partial charge on any atom is 0.126 e. The first-order valence-electron chi connectivity index (χ1n) is 41.8. The van der Waals surface area contributed by atoms with Gasteiger partial charge >= 0.3 is 0 Å². The lowest BCUT2D eigenvalue weighted by atomic mass is 9.79. The van der Waals surface area contributed by atoms with E-state index < -0.39 is 0 Å². The predicted octanol–water partition coefficient (Wildman–Crippen LogP) is 26.2. The molecule has 0 saturated carbocycles. The molecule has 14 aromatic carbocycles. The highest BCUT2D eigenvalue weighted by molar-refractivity contribution is 5.91. The molecule has 0 spiro atoms. The van der Waals surface area contributed by atoms with Crippen molar-refractivity contribution in [2.45, 2.75) is 181 Å². The van der Waals surface area contributed by atoms with Crippen LogP contribution in [-0.2, 0) is 47.3 Å². The average molecular weight is 1540 g/mol. The molecule has 8 nitrogen and oxygen atoms in total. The Morgan fingerprint density at radius 3 is 0.879 bits per heavy atom. The van der Waals surface area contributed by atoms with Crippen molar-refractivity contribution < 1.29 is 29.2 Å². The maximum atomic E-state index is 13.3. The fraction of sp³-hybridized carbons (Fsp3) is 0.296. The molecule has 0 heterocycles. The Hall–Kier alpha value is -11.2. The molecular formula is C108H114N2O6. The van der Waals surface area contributed by atoms with Gasteiger partial charge in [-0.2, -0.15) is 0 Å². The molecule has 1 aliphatic carbocycles. The first kappa shape index (κ1) is 80.0. The number of nitrogens with one attached hydrogen (secondary N) is 2. The van der Waals surface area contributed by atoms with Crippen molar-refractivity contribution in [3.63, 3.8) is 0 Å². The highest BCUT2D eigenvalue weighted by Gasteiger charge is 2.32. The first-order valence-corrected chi connectivity index (χ1v) is 41.8. The monoisotopic (exact) mass is 1530 g/mol. The molecule has 4 unspecified atom stereocenters. The van der Waals surface area contributed by atoms with Crippen LogP contribution >= 0.6 is 0 Å². The van der Waals surface area contributed by atoms with Gasteiger partial charge in [0, 0.05) is 61.7 Å². The van der Waals surface area contributed by atoms with E-state index in [0.29, 0.717) is 65.0 Å². The highest BCUT2D eigenvalue weighted by atomic mass is 16.5. The Kier molecular flexibility index (Phi) is 23.2. The molecule has 14 aromatic rings. The Morgan fingerprint density at radius 2 is 0.560 bits per heavy atom. The Morgan fingerprint density at radius 1 is 0.293 bits per heavy atom. The van der Waals surface area contributed by atoms with Crippen molar-refractivity contribution in [2.75, 3.05) is 26.4 Å². The molecule has 0 amide bonds. The summed E-state index contributed by atoms with van der Waals surface area (Å²) in [5, 5.41) is 44.4. The van der Waals surface area contributed by atoms with Crippen LogP contribution in [0.25, 0.3) is 43.1 Å². The Balaban J connectivity index is 0.771. The summed E-state index contributed by atoms with van der Waals surface area (Å²) in [5.74, 6) is 3.66. The molecule has 8 bridgehead atoms. The zero-order valence-corrected chi connectivity index (χ0v) is 70.3. The smallest absolute Gasteiger partial charge is 0.126 e. The van der Waals surface area contributed by atoms with Gasteiger partial charge in [-0.15, -0.1) is 0 Å². The fourth-order valence-corrected chi connectivity index (χ4v) is 17.2. The van der Waals surface area contributed by atoms with E-state index in [-0.39, 0.29) is 57.3 Å². The van der Waals surface area contributed by atoms with Gasteiger partial charge in [-0.05, 0) is 180 Å². The minimum Gasteiger partial charge on any atom is -0.507 e. The molecular weight excluding hydrogens is 1420 g/mol. The highest BCUT2D eigenvalue weighted by Crippen LogP contribution is 2.47. The van der Waals surface area contributed by atoms with E-state index in [1.807, 2.05) is 0 Å². The van der Waals surface area contributed by atoms with Crippen molar-refractivity contribution in [3.05, 3.63) is 367 Å². The van der Waals surface area contributed by atoms with Crippen LogP contribution < -0.4 is 29.6 Å². The lowest BCUT2D eigenvalue weighted by molar-refractivity contribution is 0.243. The van der Waals surface area contributed by atoms with Crippen LogP contribution in [-0.4, -0.2) is 36.6 Å². The number of phenols is 2. The Labute approximate surface area is 687 Å². The second kappa shape index (κ2) is 33.6. The van der Waals surface area contributed by atoms with E-state index in [2.05, 4.69) is 374 Å². The van der Waals surface area contributed by atoms with Crippen molar-refractivity contribution in [1.82, 2.24) is 10.6 Å². The summed E-state index contributed by atoms with van der Waals surface area (Å²) >= 11 is 0. The van der Waals surface area contributed by atoms with Gasteiger partial charge in [-0.1, -0.05) is 338 Å². The summed E-state index contributed by atoms with van der Waals surface area (Å²) in [4.78, 5) is 0. The van der Waals surface area contributed by atoms with Crippen molar-refractivity contribution in [2.24, 2.45) is 0 Å². The zero-order valence-electron chi connectivity index (χ0n) is 70.3. The van der Waals surface area contributed by atoms with E-state index in [1.165, 1.54) is 32.7 Å². The number of hydrogen-bond acceptors (Lipinski definition) is 8. The van der Waals surface area contributed by atoms with Gasteiger partial charge < -0.3 is 29.2 Å². The van der Waals surface area contributed by atoms with Crippen molar-refractivity contribution in [3.8, 4) is 34.5 Å². The third-order valence-electron chi connectivity index (χ3n) is 23.7. The molecule has 1 aliphatic rings. The standard InChI is InChI=1S/C108H114N2O6/c1-69(89-47-29-41-71-33-21-25-43-91(71)89)109-99(75-37-17-15-18-38-75)97-93-45-27-23-35-73(93)49-51-95(97)113-53-31-55-115-103-81-57-77-61-85(105(3,4)5)63-79(101(77)111)59-83-67-88(108(12,13)14)68-84(60-80-64-86(106(6,7)8)62-78(102(80)112)58-82(103)66-87(65-81)107(9,10)11)104(83)116-56-32-54-114-96-52-50-74-36-24-28-46-94(74)98(96)100(76-39-19-16-20-40-76)110-70(2)90-48-30-42-72-34-22-26-44-92(72)90/h15-30,33-52,61-70,99-100,109-112H,31-32,53-60H2,1-14H3. The molecule has 0 aliphatic heterocycles. The van der Waals surface area contributed by atoms with Gasteiger partial charge in [0.05, 0.1) is 38.5 Å². The van der Waals surface area contributed by atoms with Gasteiger partial charge in [0.25, 0.3) is 0 Å². The van der Waals surface area contributed by atoms with Crippen LogP contribution in [0.5, 0.6) is 34.5 Å². The van der Waals surface area contributed by atoms with E-state index in [0.717, 1.165) is 134 Å². The predicted molar refractivity (Wildman–Crippen MR) is 482 cm³/mol. The van der Waals surface area contributed by atoms with Gasteiger partial charge in [0.15, 0.2) is 0 Å². The molecule has 592 valence electrons. The summed E-state index contributed by atoms with van der Waals surface area (Å²) in [6.45, 7) is 33.1. The number of benzene rings is 14. The van der Waals surface area contributed by atoms with E-state index in [4.69, 9.17) is 18.9 Å². The average Bonchev–Trinajstić information content (AvgIpc) is 0.768. The van der Waals surface area contributed by atoms with Crippen LogP contribution in [0.4, 0.5) is 0 Å². The molecule has 4 N–H and O–H groups in total. The van der Waals surface area contributed by atoms with Crippen LogP contribution in [0, 0.1) is 0 Å². The maximum absolute atomic E-state index is 13.3. The third-order valence-corrected chi connectivity index (χ3v) is 23.7. The molecule has 4 atom stereocenters. The molecule has 0 radical (unpaired) electrons. The summed E-state index contributed by atoms with van der Waals surface area (Å²) in [7, 11) is 0. The van der Waals surface area contributed by atoms with Gasteiger partial charge in [0.2, 0.25) is 0 Å². The zero-order chi connectivity index (χ0) is 81.2. The topological polar surface area (TPSA) is 101 Å². The van der Waals surface area contributed by atoms with Gasteiger partial charge in [0.1, 0.15) is 34.5 Å². The minimum absolute atomic E-state index is 0.0203. The molecule has 0 aromatic heterocycles. The lowest BCUT2D eigenvalue weighted by Gasteiger charge is -2.28. The molecule has 0 saturated heterocycles. The number of fused-ring (bicyclic) bond motifs is 12. The second-order valence-electron chi connectivity index (χ2n) is 36.3. The minimum atomic E-state index is -0.285.